The van der Waals surface area contributed by atoms with Crippen molar-refractivity contribution < 1.29 is 8.78 Å². The Morgan fingerprint density at radius 1 is 1.04 bits per heavy atom. The van der Waals surface area contributed by atoms with Crippen LogP contribution in [-0.4, -0.2) is 4.98 Å². The van der Waals surface area contributed by atoms with E-state index in [1.54, 1.807) is 6.20 Å². The molecule has 27 heavy (non-hydrogen) atoms. The normalized spacial score (nSPS) is 19.4. The van der Waals surface area contributed by atoms with Gasteiger partial charge in [-0.25, -0.2) is 8.78 Å². The van der Waals surface area contributed by atoms with Crippen LogP contribution >= 0.6 is 0 Å². The van der Waals surface area contributed by atoms with Gasteiger partial charge in [0.05, 0.1) is 11.3 Å². The molecule has 3 heteroatoms. The average Bonchev–Trinajstić information content (AvgIpc) is 2.68. The zero-order valence-electron chi connectivity index (χ0n) is 16.2. The molecule has 1 saturated carbocycles. The third kappa shape index (κ3) is 4.95. The summed E-state index contributed by atoms with van der Waals surface area (Å²) in [5.41, 5.74) is 2.02. The molecule has 1 fully saturated rings. The van der Waals surface area contributed by atoms with Crippen LogP contribution in [0.1, 0.15) is 63.5 Å². The first-order valence-corrected chi connectivity index (χ1v) is 10.1. The summed E-state index contributed by atoms with van der Waals surface area (Å²) >= 11 is 0. The Morgan fingerprint density at radius 3 is 2.30 bits per heavy atom. The highest BCUT2D eigenvalue weighted by Gasteiger charge is 2.18. The van der Waals surface area contributed by atoms with Gasteiger partial charge >= 0.3 is 0 Å². The highest BCUT2D eigenvalue weighted by Crippen LogP contribution is 2.30. The van der Waals surface area contributed by atoms with E-state index in [2.05, 4.69) is 30.7 Å². The zero-order valence-corrected chi connectivity index (χ0v) is 16.2. The number of hydrogen-bond acceptors (Lipinski definition) is 1. The molecule has 0 bridgehead atoms. The lowest BCUT2D eigenvalue weighted by molar-refractivity contribution is 0.309. The van der Waals surface area contributed by atoms with Gasteiger partial charge in [0.2, 0.25) is 0 Å². The van der Waals surface area contributed by atoms with Gasteiger partial charge in [-0.15, -0.1) is 0 Å². The van der Waals surface area contributed by atoms with Gasteiger partial charge < -0.3 is 0 Å². The van der Waals surface area contributed by atoms with E-state index in [4.69, 9.17) is 0 Å². The monoisotopic (exact) mass is 367 g/mol. The summed E-state index contributed by atoms with van der Waals surface area (Å²) in [6.45, 7) is 4.32. The maximum Gasteiger partial charge on any atom is 0.142 e. The van der Waals surface area contributed by atoms with Crippen molar-refractivity contribution in [3.05, 3.63) is 53.2 Å². The molecule has 0 atom stereocenters. The first-order valence-electron chi connectivity index (χ1n) is 10.1. The Kier molecular flexibility index (Phi) is 6.61. The minimum atomic E-state index is -0.612. The number of hydrogen-bond donors (Lipinski definition) is 0. The Balaban J connectivity index is 1.76. The number of pyridine rings is 1. The summed E-state index contributed by atoms with van der Waals surface area (Å²) < 4.78 is 29.0. The van der Waals surface area contributed by atoms with Crippen LogP contribution < -0.4 is 0 Å². The molecular weight excluding hydrogens is 340 g/mol. The molecular formula is C24H27F2N. The molecule has 0 radical (unpaired) electrons. The van der Waals surface area contributed by atoms with E-state index in [0.29, 0.717) is 11.3 Å². The van der Waals surface area contributed by atoms with E-state index < -0.39 is 11.6 Å². The summed E-state index contributed by atoms with van der Waals surface area (Å²) in [6.07, 6.45) is 9.36. The standard InChI is InChI=1S/C24H27F2N/c1-3-5-19-11-13-24(27-16-19)20-14-22(25)21(23(26)15-20)12-10-18-8-6-17(4-2)7-9-18/h11,13-18H,3-9H2,1-2H3/t17-,18-. The summed E-state index contributed by atoms with van der Waals surface area (Å²) in [6, 6.07) is 6.45. The summed E-state index contributed by atoms with van der Waals surface area (Å²) in [5, 5.41) is 0. The van der Waals surface area contributed by atoms with Crippen molar-refractivity contribution in [1.29, 1.82) is 0 Å². The van der Waals surface area contributed by atoms with Gasteiger partial charge in [0.25, 0.3) is 0 Å². The minimum Gasteiger partial charge on any atom is -0.256 e. The lowest BCUT2D eigenvalue weighted by Gasteiger charge is -2.24. The van der Waals surface area contributed by atoms with Crippen molar-refractivity contribution in [3.63, 3.8) is 0 Å². The molecule has 1 aromatic carbocycles. The van der Waals surface area contributed by atoms with Gasteiger partial charge in [-0.2, -0.15) is 0 Å². The molecule has 0 N–H and O–H groups in total. The van der Waals surface area contributed by atoms with Gasteiger partial charge in [-0.3, -0.25) is 4.98 Å². The minimum absolute atomic E-state index is 0.126. The van der Waals surface area contributed by atoms with Crippen molar-refractivity contribution in [3.8, 4) is 23.1 Å². The Labute approximate surface area is 161 Å². The van der Waals surface area contributed by atoms with Gasteiger partial charge in [0.15, 0.2) is 0 Å². The number of aromatic nitrogens is 1. The predicted octanol–water partition coefficient (Wildman–Crippen LogP) is 6.55. The van der Waals surface area contributed by atoms with E-state index >= 15 is 0 Å². The molecule has 1 aliphatic carbocycles. The molecule has 0 aliphatic heterocycles. The summed E-state index contributed by atoms with van der Waals surface area (Å²) in [4.78, 5) is 4.34. The van der Waals surface area contributed by atoms with E-state index in [1.165, 1.54) is 31.4 Å². The largest absolute Gasteiger partial charge is 0.256 e. The molecule has 3 rings (SSSR count). The number of aryl methyl sites for hydroxylation is 1. The number of nitrogens with zero attached hydrogens (tertiary/aromatic N) is 1. The van der Waals surface area contributed by atoms with Gasteiger partial charge in [0.1, 0.15) is 11.6 Å². The third-order valence-corrected chi connectivity index (χ3v) is 5.53. The van der Waals surface area contributed by atoms with Crippen LogP contribution in [0.25, 0.3) is 11.3 Å². The quantitative estimate of drug-likeness (QED) is 0.559. The Bertz CT molecular complexity index is 799. The molecule has 1 aromatic heterocycles. The van der Waals surface area contributed by atoms with Crippen molar-refractivity contribution >= 4 is 0 Å². The third-order valence-electron chi connectivity index (χ3n) is 5.53. The predicted molar refractivity (Wildman–Crippen MR) is 106 cm³/mol. The van der Waals surface area contributed by atoms with Crippen LogP contribution in [0.15, 0.2) is 30.5 Å². The number of benzene rings is 1. The van der Waals surface area contributed by atoms with Crippen LogP contribution in [0.3, 0.4) is 0 Å². The molecule has 0 amide bonds. The Hall–Kier alpha value is -2.21. The van der Waals surface area contributed by atoms with E-state index in [0.717, 1.165) is 37.2 Å². The van der Waals surface area contributed by atoms with Crippen LogP contribution in [0, 0.1) is 35.3 Å². The number of rotatable bonds is 4. The summed E-state index contributed by atoms with van der Waals surface area (Å²) in [7, 11) is 0. The van der Waals surface area contributed by atoms with E-state index in [9.17, 15) is 8.78 Å². The SMILES string of the molecule is CCCc1ccc(-c2cc(F)c(C#C[C@H]3CC[C@H](CC)CC3)c(F)c2)nc1. The Morgan fingerprint density at radius 2 is 1.74 bits per heavy atom. The smallest absolute Gasteiger partial charge is 0.142 e. The first kappa shape index (κ1) is 19.5. The summed E-state index contributed by atoms with van der Waals surface area (Å²) in [5.74, 6) is 5.68. The highest BCUT2D eigenvalue weighted by molar-refractivity contribution is 5.61. The molecule has 2 aromatic rings. The van der Waals surface area contributed by atoms with Crippen molar-refractivity contribution in [2.24, 2.45) is 11.8 Å². The highest BCUT2D eigenvalue weighted by atomic mass is 19.1. The fraction of sp³-hybridized carbons (Fsp3) is 0.458. The van der Waals surface area contributed by atoms with Gasteiger partial charge in [0, 0.05) is 17.7 Å². The second kappa shape index (κ2) is 9.13. The lowest BCUT2D eigenvalue weighted by Crippen LogP contribution is -2.12. The van der Waals surface area contributed by atoms with Crippen LogP contribution in [0.2, 0.25) is 0 Å². The fourth-order valence-electron chi connectivity index (χ4n) is 3.76. The zero-order chi connectivity index (χ0) is 19.2. The van der Waals surface area contributed by atoms with Crippen molar-refractivity contribution in [1.82, 2.24) is 4.98 Å². The van der Waals surface area contributed by atoms with E-state index in [1.807, 2.05) is 12.1 Å². The molecule has 1 aliphatic rings. The van der Waals surface area contributed by atoms with Crippen molar-refractivity contribution in [2.75, 3.05) is 0 Å². The van der Waals surface area contributed by atoms with Gasteiger partial charge in [-0.05, 0) is 61.8 Å². The molecule has 1 nitrogen and oxygen atoms in total. The second-order valence-electron chi connectivity index (χ2n) is 7.51. The molecule has 0 spiro atoms. The first-order chi connectivity index (χ1) is 13.1. The molecule has 0 unspecified atom stereocenters. The van der Waals surface area contributed by atoms with Crippen LogP contribution in [0.5, 0.6) is 0 Å². The van der Waals surface area contributed by atoms with Crippen LogP contribution in [0.4, 0.5) is 8.78 Å². The molecule has 1 heterocycles. The van der Waals surface area contributed by atoms with Crippen LogP contribution in [-0.2, 0) is 6.42 Å². The fourth-order valence-corrected chi connectivity index (χ4v) is 3.76. The van der Waals surface area contributed by atoms with Gasteiger partial charge in [-0.1, -0.05) is 44.6 Å². The lowest BCUT2D eigenvalue weighted by atomic mass is 9.81. The average molecular weight is 367 g/mol. The molecule has 0 saturated heterocycles. The maximum absolute atomic E-state index is 14.5. The maximum atomic E-state index is 14.5. The number of halogens is 2. The second-order valence-corrected chi connectivity index (χ2v) is 7.51. The topological polar surface area (TPSA) is 12.9 Å². The molecule has 142 valence electrons. The van der Waals surface area contributed by atoms with E-state index in [-0.39, 0.29) is 11.5 Å². The van der Waals surface area contributed by atoms with Crippen molar-refractivity contribution in [2.45, 2.75) is 58.8 Å².